The molecule has 4 rings (SSSR count). The predicted octanol–water partition coefficient (Wildman–Crippen LogP) is 14.4. The number of ether oxygens (including phenoxy) is 1. The SMILES string of the molecule is CCCCC(CC)CCc1ccc(-c2nc(-c3ccc(OCC(CC)CCCC)cc3)nc(-c3ccc(CCC(CC)CCCC)cc3C)n2)c(C)c1. The van der Waals surface area contributed by atoms with Crippen molar-refractivity contribution in [2.24, 2.45) is 17.8 Å². The molecule has 3 unspecified atom stereocenters. The molecule has 0 aliphatic carbocycles. The maximum Gasteiger partial charge on any atom is 0.164 e. The molecule has 0 fully saturated rings. The molecule has 0 amide bonds. The van der Waals surface area contributed by atoms with Gasteiger partial charge in [-0.25, -0.2) is 15.0 Å². The number of hydrogen-bond donors (Lipinski definition) is 0. The normalized spacial score (nSPS) is 13.2. The van der Waals surface area contributed by atoms with Gasteiger partial charge in [-0.15, -0.1) is 0 Å². The van der Waals surface area contributed by atoms with E-state index in [0.29, 0.717) is 11.7 Å². The summed E-state index contributed by atoms with van der Waals surface area (Å²) >= 11 is 0. The zero-order valence-corrected chi connectivity index (χ0v) is 34.8. The van der Waals surface area contributed by atoms with E-state index in [1.165, 1.54) is 106 Å². The highest BCUT2D eigenvalue weighted by Crippen LogP contribution is 2.31. The zero-order valence-electron chi connectivity index (χ0n) is 34.8. The number of hydrogen-bond acceptors (Lipinski definition) is 4. The Morgan fingerprint density at radius 3 is 1.34 bits per heavy atom. The van der Waals surface area contributed by atoms with Crippen LogP contribution in [0.3, 0.4) is 0 Å². The van der Waals surface area contributed by atoms with E-state index in [2.05, 4.69) is 116 Å². The number of aromatic nitrogens is 3. The first-order valence-electron chi connectivity index (χ1n) is 21.5. The zero-order chi connectivity index (χ0) is 38.0. The fraction of sp³-hybridized carbons (Fsp3) is 0.571. The lowest BCUT2D eigenvalue weighted by atomic mass is 9.91. The van der Waals surface area contributed by atoms with Gasteiger partial charge in [-0.1, -0.05) is 149 Å². The molecular formula is C49H71N3O. The third-order valence-corrected chi connectivity index (χ3v) is 11.6. The second kappa shape index (κ2) is 22.6. The van der Waals surface area contributed by atoms with Crippen molar-refractivity contribution in [3.63, 3.8) is 0 Å². The maximum atomic E-state index is 6.26. The van der Waals surface area contributed by atoms with Crippen molar-refractivity contribution in [3.05, 3.63) is 82.9 Å². The first-order valence-corrected chi connectivity index (χ1v) is 21.5. The number of rotatable bonds is 24. The summed E-state index contributed by atoms with van der Waals surface area (Å²) in [5.74, 6) is 5.26. The van der Waals surface area contributed by atoms with E-state index in [9.17, 15) is 0 Å². The average molecular weight is 718 g/mol. The second-order valence-electron chi connectivity index (χ2n) is 15.8. The molecule has 3 atom stereocenters. The van der Waals surface area contributed by atoms with Crippen LogP contribution in [0.2, 0.25) is 0 Å². The van der Waals surface area contributed by atoms with Crippen molar-refractivity contribution in [1.29, 1.82) is 0 Å². The maximum absolute atomic E-state index is 6.26. The van der Waals surface area contributed by atoms with Crippen LogP contribution in [0.25, 0.3) is 34.2 Å². The molecule has 0 radical (unpaired) electrons. The summed E-state index contributed by atoms with van der Waals surface area (Å²) in [6, 6.07) is 22.1. The van der Waals surface area contributed by atoms with Gasteiger partial charge in [-0.3, -0.25) is 0 Å². The van der Waals surface area contributed by atoms with Crippen LogP contribution < -0.4 is 4.74 Å². The lowest BCUT2D eigenvalue weighted by Gasteiger charge is -2.16. The van der Waals surface area contributed by atoms with Crippen molar-refractivity contribution in [1.82, 2.24) is 15.0 Å². The van der Waals surface area contributed by atoms with Crippen molar-refractivity contribution in [2.45, 2.75) is 158 Å². The summed E-state index contributed by atoms with van der Waals surface area (Å²) < 4.78 is 6.26. The van der Waals surface area contributed by atoms with Gasteiger partial charge in [0.15, 0.2) is 17.5 Å². The molecule has 4 aromatic rings. The van der Waals surface area contributed by atoms with Gasteiger partial charge in [-0.05, 0) is 110 Å². The largest absolute Gasteiger partial charge is 0.493 e. The average Bonchev–Trinajstić information content (AvgIpc) is 3.18. The monoisotopic (exact) mass is 718 g/mol. The van der Waals surface area contributed by atoms with Gasteiger partial charge < -0.3 is 4.74 Å². The Kier molecular flexibility index (Phi) is 18.0. The minimum Gasteiger partial charge on any atom is -0.493 e. The molecule has 4 heteroatoms. The lowest BCUT2D eigenvalue weighted by molar-refractivity contribution is 0.233. The minimum atomic E-state index is 0.593. The van der Waals surface area contributed by atoms with Crippen molar-refractivity contribution >= 4 is 0 Å². The Labute approximate surface area is 324 Å². The molecule has 288 valence electrons. The summed E-state index contributed by atoms with van der Waals surface area (Å²) in [5, 5.41) is 0. The Morgan fingerprint density at radius 1 is 0.491 bits per heavy atom. The van der Waals surface area contributed by atoms with Gasteiger partial charge in [0.1, 0.15) is 5.75 Å². The molecular weight excluding hydrogens is 647 g/mol. The minimum absolute atomic E-state index is 0.593. The Morgan fingerprint density at radius 2 is 0.925 bits per heavy atom. The first-order chi connectivity index (χ1) is 25.8. The van der Waals surface area contributed by atoms with Crippen molar-refractivity contribution < 1.29 is 4.74 Å². The Hall–Kier alpha value is -3.53. The lowest BCUT2D eigenvalue weighted by Crippen LogP contribution is -2.11. The molecule has 0 bridgehead atoms. The van der Waals surface area contributed by atoms with Gasteiger partial charge >= 0.3 is 0 Å². The molecule has 0 saturated heterocycles. The van der Waals surface area contributed by atoms with Crippen LogP contribution in [0.4, 0.5) is 0 Å². The summed E-state index contributed by atoms with van der Waals surface area (Å²) in [7, 11) is 0. The van der Waals surface area contributed by atoms with Crippen LogP contribution in [0.15, 0.2) is 60.7 Å². The highest BCUT2D eigenvalue weighted by Gasteiger charge is 2.17. The summed E-state index contributed by atoms with van der Waals surface area (Å²) in [6.07, 6.45) is 20.0. The van der Waals surface area contributed by atoms with Crippen LogP contribution in [0, 0.1) is 31.6 Å². The summed E-state index contributed by atoms with van der Waals surface area (Å²) in [6.45, 7) is 19.0. The van der Waals surface area contributed by atoms with Crippen LogP contribution in [0.1, 0.15) is 154 Å². The van der Waals surface area contributed by atoms with Gasteiger partial charge in [0.05, 0.1) is 6.61 Å². The van der Waals surface area contributed by atoms with E-state index in [-0.39, 0.29) is 0 Å². The summed E-state index contributed by atoms with van der Waals surface area (Å²) in [4.78, 5) is 15.4. The van der Waals surface area contributed by atoms with Gasteiger partial charge in [0, 0.05) is 16.7 Å². The van der Waals surface area contributed by atoms with E-state index < -0.39 is 0 Å². The molecule has 0 aliphatic heterocycles. The highest BCUT2D eigenvalue weighted by molar-refractivity contribution is 5.70. The molecule has 0 saturated carbocycles. The third kappa shape index (κ3) is 13.1. The number of nitrogens with zero attached hydrogens (tertiary/aromatic N) is 3. The second-order valence-corrected chi connectivity index (χ2v) is 15.8. The molecule has 1 aromatic heterocycles. The highest BCUT2D eigenvalue weighted by atomic mass is 16.5. The van der Waals surface area contributed by atoms with E-state index >= 15 is 0 Å². The number of benzene rings is 3. The van der Waals surface area contributed by atoms with Crippen LogP contribution in [-0.2, 0) is 12.8 Å². The van der Waals surface area contributed by atoms with E-state index in [0.717, 1.165) is 71.8 Å². The fourth-order valence-electron chi connectivity index (χ4n) is 7.66. The van der Waals surface area contributed by atoms with E-state index in [1.54, 1.807) is 0 Å². The molecule has 0 spiro atoms. The quantitative estimate of drug-likeness (QED) is 0.0724. The van der Waals surface area contributed by atoms with Crippen molar-refractivity contribution in [3.8, 4) is 39.9 Å². The first kappa shape index (κ1) is 42.2. The van der Waals surface area contributed by atoms with Gasteiger partial charge in [0.25, 0.3) is 0 Å². The molecule has 4 nitrogen and oxygen atoms in total. The molecule has 3 aromatic carbocycles. The Bertz CT molecular complexity index is 1560. The standard InChI is InChI=1S/C49H71N3O/c1-9-15-18-38(12-4)21-23-41-25-31-45(36(7)33-41)48-50-47(43-27-29-44(30-28-43)53-35-40(14-6)20-17-11-3)51-49(52-48)46-32-26-42(34-37(46)8)24-22-39(13-5)19-16-10-2/h25-34,38-40H,9-24,35H2,1-8H3. The number of unbranched alkanes of at least 4 members (excludes halogenated alkanes) is 3. The van der Waals surface area contributed by atoms with E-state index in [4.69, 9.17) is 19.7 Å². The van der Waals surface area contributed by atoms with E-state index in [1.807, 2.05) is 0 Å². The van der Waals surface area contributed by atoms with Gasteiger partial charge in [0.2, 0.25) is 0 Å². The Balaban J connectivity index is 1.64. The van der Waals surface area contributed by atoms with Crippen LogP contribution in [0.5, 0.6) is 5.75 Å². The molecule has 0 aliphatic rings. The summed E-state index contributed by atoms with van der Waals surface area (Å²) in [5.41, 5.74) is 8.34. The van der Waals surface area contributed by atoms with Crippen molar-refractivity contribution in [2.75, 3.05) is 6.61 Å². The number of aryl methyl sites for hydroxylation is 4. The molecule has 53 heavy (non-hydrogen) atoms. The molecule has 1 heterocycles. The topological polar surface area (TPSA) is 47.9 Å². The molecule has 0 N–H and O–H groups in total. The smallest absolute Gasteiger partial charge is 0.164 e. The fourth-order valence-corrected chi connectivity index (χ4v) is 7.66. The predicted molar refractivity (Wildman–Crippen MR) is 228 cm³/mol. The third-order valence-electron chi connectivity index (χ3n) is 11.6. The van der Waals surface area contributed by atoms with Gasteiger partial charge in [-0.2, -0.15) is 0 Å². The van der Waals surface area contributed by atoms with Crippen LogP contribution in [-0.4, -0.2) is 21.6 Å². The van der Waals surface area contributed by atoms with Crippen LogP contribution >= 0.6 is 0 Å².